The molecular weight excluding hydrogens is 264 g/mol. The lowest BCUT2D eigenvalue weighted by molar-refractivity contribution is -0.147. The molecule has 21 heavy (non-hydrogen) atoms. The Kier molecular flexibility index (Phi) is 5.76. The highest BCUT2D eigenvalue weighted by Gasteiger charge is 2.28. The van der Waals surface area contributed by atoms with E-state index in [1.807, 2.05) is 6.92 Å². The summed E-state index contributed by atoms with van der Waals surface area (Å²) in [5, 5.41) is 0. The SMILES string of the molecule is COC(=O)C(C)C(C)N1CCN(Cc2ccccc2)CC1. The zero-order valence-corrected chi connectivity index (χ0v) is 13.3. The van der Waals surface area contributed by atoms with E-state index < -0.39 is 0 Å². The summed E-state index contributed by atoms with van der Waals surface area (Å²) in [4.78, 5) is 16.5. The van der Waals surface area contributed by atoms with E-state index in [1.165, 1.54) is 12.7 Å². The van der Waals surface area contributed by atoms with Gasteiger partial charge in [0, 0.05) is 38.8 Å². The Balaban J connectivity index is 1.81. The van der Waals surface area contributed by atoms with Crippen LogP contribution < -0.4 is 0 Å². The standard InChI is InChI=1S/C17H26N2O2/c1-14(17(20)21-3)15(2)19-11-9-18(10-12-19)13-16-7-5-4-6-8-16/h4-8,14-15H,9-13H2,1-3H3. The predicted octanol–water partition coefficient (Wildman–Crippen LogP) is 2.00. The van der Waals surface area contributed by atoms with Crippen molar-refractivity contribution in [2.24, 2.45) is 5.92 Å². The highest BCUT2D eigenvalue weighted by Crippen LogP contribution is 2.16. The van der Waals surface area contributed by atoms with Crippen molar-refractivity contribution in [2.75, 3.05) is 33.3 Å². The molecule has 2 unspecified atom stereocenters. The average molecular weight is 290 g/mol. The molecule has 4 nitrogen and oxygen atoms in total. The van der Waals surface area contributed by atoms with E-state index in [0.29, 0.717) is 0 Å². The fraction of sp³-hybridized carbons (Fsp3) is 0.588. The van der Waals surface area contributed by atoms with Gasteiger partial charge in [-0.05, 0) is 12.5 Å². The lowest BCUT2D eigenvalue weighted by atomic mass is 10.0. The Labute approximate surface area is 127 Å². The zero-order chi connectivity index (χ0) is 15.2. The van der Waals surface area contributed by atoms with Crippen LogP contribution in [0.4, 0.5) is 0 Å². The normalized spacial score (nSPS) is 20.0. The lowest BCUT2D eigenvalue weighted by Crippen LogP contribution is -2.51. The van der Waals surface area contributed by atoms with Crippen molar-refractivity contribution in [3.05, 3.63) is 35.9 Å². The van der Waals surface area contributed by atoms with Crippen LogP contribution in [0.3, 0.4) is 0 Å². The predicted molar refractivity (Wildman–Crippen MR) is 83.9 cm³/mol. The number of nitrogens with zero attached hydrogens (tertiary/aromatic N) is 2. The number of ether oxygens (including phenoxy) is 1. The molecule has 2 rings (SSSR count). The number of carbonyl (C=O) groups excluding carboxylic acids is 1. The molecule has 116 valence electrons. The van der Waals surface area contributed by atoms with Gasteiger partial charge in [0.15, 0.2) is 0 Å². The number of piperazine rings is 1. The molecule has 0 spiro atoms. The molecule has 0 radical (unpaired) electrons. The van der Waals surface area contributed by atoms with Crippen LogP contribution >= 0.6 is 0 Å². The summed E-state index contributed by atoms with van der Waals surface area (Å²) in [5.41, 5.74) is 1.36. The first kappa shape index (κ1) is 16.0. The van der Waals surface area contributed by atoms with E-state index in [1.54, 1.807) is 0 Å². The Morgan fingerprint density at radius 3 is 2.33 bits per heavy atom. The summed E-state index contributed by atoms with van der Waals surface area (Å²) < 4.78 is 4.85. The average Bonchev–Trinajstić information content (AvgIpc) is 2.54. The van der Waals surface area contributed by atoms with Crippen LogP contribution in [-0.4, -0.2) is 55.1 Å². The molecule has 1 heterocycles. The van der Waals surface area contributed by atoms with Crippen molar-refractivity contribution in [1.29, 1.82) is 0 Å². The van der Waals surface area contributed by atoms with Crippen LogP contribution in [0.1, 0.15) is 19.4 Å². The molecule has 0 N–H and O–H groups in total. The molecule has 1 fully saturated rings. The van der Waals surface area contributed by atoms with Gasteiger partial charge in [0.2, 0.25) is 0 Å². The maximum atomic E-state index is 11.6. The summed E-state index contributed by atoms with van der Waals surface area (Å²) in [6, 6.07) is 10.8. The van der Waals surface area contributed by atoms with Crippen LogP contribution in [0, 0.1) is 5.92 Å². The van der Waals surface area contributed by atoms with E-state index in [4.69, 9.17) is 4.74 Å². The smallest absolute Gasteiger partial charge is 0.309 e. The van der Waals surface area contributed by atoms with Crippen LogP contribution in [0.25, 0.3) is 0 Å². The van der Waals surface area contributed by atoms with Gasteiger partial charge >= 0.3 is 5.97 Å². The molecule has 1 aliphatic rings. The fourth-order valence-electron chi connectivity index (χ4n) is 2.87. The zero-order valence-electron chi connectivity index (χ0n) is 13.3. The van der Waals surface area contributed by atoms with Crippen LogP contribution in [0.5, 0.6) is 0 Å². The molecule has 1 aromatic carbocycles. The maximum absolute atomic E-state index is 11.6. The third-order valence-corrected chi connectivity index (χ3v) is 4.53. The summed E-state index contributed by atoms with van der Waals surface area (Å²) in [5.74, 6) is -0.190. The molecule has 1 aromatic rings. The van der Waals surface area contributed by atoms with E-state index in [0.717, 1.165) is 32.7 Å². The third kappa shape index (κ3) is 4.29. The fourth-order valence-corrected chi connectivity index (χ4v) is 2.87. The quantitative estimate of drug-likeness (QED) is 0.777. The summed E-state index contributed by atoms with van der Waals surface area (Å²) >= 11 is 0. The monoisotopic (exact) mass is 290 g/mol. The first-order valence-corrected chi connectivity index (χ1v) is 7.70. The summed E-state index contributed by atoms with van der Waals surface area (Å²) in [7, 11) is 1.46. The number of rotatable bonds is 5. The van der Waals surface area contributed by atoms with E-state index in [-0.39, 0.29) is 17.9 Å². The van der Waals surface area contributed by atoms with Crippen molar-refractivity contribution in [3.8, 4) is 0 Å². The molecule has 0 amide bonds. The van der Waals surface area contributed by atoms with Gasteiger partial charge in [0.1, 0.15) is 0 Å². The number of esters is 1. The summed E-state index contributed by atoms with van der Waals surface area (Å²) in [6.07, 6.45) is 0. The van der Waals surface area contributed by atoms with Gasteiger partial charge in [-0.3, -0.25) is 14.6 Å². The molecule has 4 heteroatoms. The molecule has 0 aliphatic carbocycles. The van der Waals surface area contributed by atoms with Gasteiger partial charge in [-0.25, -0.2) is 0 Å². The van der Waals surface area contributed by atoms with Crippen molar-refractivity contribution >= 4 is 5.97 Å². The number of benzene rings is 1. The minimum Gasteiger partial charge on any atom is -0.469 e. The van der Waals surface area contributed by atoms with Gasteiger partial charge in [0.05, 0.1) is 13.0 Å². The largest absolute Gasteiger partial charge is 0.469 e. The minimum absolute atomic E-state index is 0.0735. The minimum atomic E-state index is -0.116. The van der Waals surface area contributed by atoms with Gasteiger partial charge in [-0.1, -0.05) is 37.3 Å². The Bertz CT molecular complexity index is 441. The molecule has 0 bridgehead atoms. The van der Waals surface area contributed by atoms with Gasteiger partial charge in [0.25, 0.3) is 0 Å². The Morgan fingerprint density at radius 1 is 1.14 bits per heavy atom. The van der Waals surface area contributed by atoms with Crippen LogP contribution in [0.2, 0.25) is 0 Å². The second-order valence-corrected chi connectivity index (χ2v) is 5.85. The van der Waals surface area contributed by atoms with Crippen LogP contribution in [0.15, 0.2) is 30.3 Å². The Hall–Kier alpha value is -1.39. The summed E-state index contributed by atoms with van der Waals surface area (Å²) in [6.45, 7) is 9.20. The Morgan fingerprint density at radius 2 is 1.76 bits per heavy atom. The van der Waals surface area contributed by atoms with Crippen molar-refractivity contribution in [3.63, 3.8) is 0 Å². The van der Waals surface area contributed by atoms with Crippen molar-refractivity contribution < 1.29 is 9.53 Å². The molecule has 1 aliphatic heterocycles. The second kappa shape index (κ2) is 7.57. The molecule has 0 saturated carbocycles. The number of hydrogen-bond donors (Lipinski definition) is 0. The van der Waals surface area contributed by atoms with Crippen molar-refractivity contribution in [2.45, 2.75) is 26.4 Å². The number of methoxy groups -OCH3 is 1. The molecule has 2 atom stereocenters. The topological polar surface area (TPSA) is 32.8 Å². The highest BCUT2D eigenvalue weighted by atomic mass is 16.5. The van der Waals surface area contributed by atoms with Crippen LogP contribution in [-0.2, 0) is 16.1 Å². The first-order chi connectivity index (χ1) is 10.1. The maximum Gasteiger partial charge on any atom is 0.309 e. The van der Waals surface area contributed by atoms with E-state index >= 15 is 0 Å². The molecule has 1 saturated heterocycles. The molecule has 0 aromatic heterocycles. The van der Waals surface area contributed by atoms with Gasteiger partial charge in [-0.2, -0.15) is 0 Å². The third-order valence-electron chi connectivity index (χ3n) is 4.53. The lowest BCUT2D eigenvalue weighted by Gasteiger charge is -2.39. The number of hydrogen-bond acceptors (Lipinski definition) is 4. The van der Waals surface area contributed by atoms with Crippen molar-refractivity contribution in [1.82, 2.24) is 9.80 Å². The first-order valence-electron chi connectivity index (χ1n) is 7.70. The van der Waals surface area contributed by atoms with Gasteiger partial charge in [-0.15, -0.1) is 0 Å². The molecular formula is C17H26N2O2. The second-order valence-electron chi connectivity index (χ2n) is 5.85. The van der Waals surface area contributed by atoms with E-state index in [9.17, 15) is 4.79 Å². The van der Waals surface area contributed by atoms with Gasteiger partial charge < -0.3 is 4.74 Å². The number of carbonyl (C=O) groups is 1. The highest BCUT2D eigenvalue weighted by molar-refractivity contribution is 5.72. The van der Waals surface area contributed by atoms with E-state index in [2.05, 4.69) is 47.1 Å².